The summed E-state index contributed by atoms with van der Waals surface area (Å²) in [7, 11) is 0. The zero-order valence-electron chi connectivity index (χ0n) is 15.0. The summed E-state index contributed by atoms with van der Waals surface area (Å²) >= 11 is 0. The highest BCUT2D eigenvalue weighted by Crippen LogP contribution is 2.13. The van der Waals surface area contributed by atoms with E-state index >= 15 is 0 Å². The number of pyridine rings is 1. The van der Waals surface area contributed by atoms with Crippen molar-refractivity contribution in [1.82, 2.24) is 25.2 Å². The van der Waals surface area contributed by atoms with Gasteiger partial charge in [-0.15, -0.1) is 0 Å². The van der Waals surface area contributed by atoms with E-state index in [-0.39, 0.29) is 11.8 Å². The van der Waals surface area contributed by atoms with E-state index in [2.05, 4.69) is 20.3 Å². The second-order valence-electron chi connectivity index (χ2n) is 6.23. The number of rotatable bonds is 4. The monoisotopic (exact) mass is 354 g/mol. The number of nitrogens with zero attached hydrogens (tertiary/aromatic N) is 5. The van der Waals surface area contributed by atoms with E-state index in [1.54, 1.807) is 30.3 Å². The number of hydrogen-bond acceptors (Lipinski definition) is 6. The topological polar surface area (TPSA) is 91.3 Å². The summed E-state index contributed by atoms with van der Waals surface area (Å²) in [5.74, 6) is 0.365. The number of anilines is 1. The number of carbonyl (C=O) groups is 2. The average molecular weight is 354 g/mol. The lowest BCUT2D eigenvalue weighted by Gasteiger charge is -2.34. The first kappa shape index (κ1) is 17.8. The molecule has 1 aliphatic heterocycles. The lowest BCUT2D eigenvalue weighted by atomic mass is 10.2. The van der Waals surface area contributed by atoms with Crippen molar-refractivity contribution in [2.24, 2.45) is 0 Å². The molecule has 2 aromatic rings. The molecule has 1 aliphatic rings. The quantitative estimate of drug-likeness (QED) is 0.872. The number of aromatic nitrogens is 3. The van der Waals surface area contributed by atoms with Gasteiger partial charge in [0.15, 0.2) is 0 Å². The molecule has 136 valence electrons. The van der Waals surface area contributed by atoms with Crippen LogP contribution in [0.1, 0.15) is 28.7 Å². The maximum absolute atomic E-state index is 12.5. The number of nitrogens with one attached hydrogen (secondary N) is 1. The van der Waals surface area contributed by atoms with Crippen LogP contribution in [0.5, 0.6) is 0 Å². The molecule has 0 radical (unpaired) electrons. The predicted octanol–water partition coefficient (Wildman–Crippen LogP) is 0.779. The zero-order valence-corrected chi connectivity index (χ0v) is 15.0. The third-order valence-electron chi connectivity index (χ3n) is 4.29. The number of amides is 2. The minimum atomic E-state index is -0.240. The Labute approximate surface area is 152 Å². The van der Waals surface area contributed by atoms with Crippen molar-refractivity contribution in [3.63, 3.8) is 0 Å². The molecule has 1 N–H and O–H groups in total. The van der Waals surface area contributed by atoms with E-state index < -0.39 is 0 Å². The first-order valence-corrected chi connectivity index (χ1v) is 8.56. The summed E-state index contributed by atoms with van der Waals surface area (Å²) in [4.78, 5) is 40.5. The van der Waals surface area contributed by atoms with E-state index in [1.165, 1.54) is 0 Å². The molecule has 0 bridgehead atoms. The Balaban J connectivity index is 1.67. The summed E-state index contributed by atoms with van der Waals surface area (Å²) in [5.41, 5.74) is 2.05. The molecule has 0 spiro atoms. The van der Waals surface area contributed by atoms with Crippen LogP contribution in [0, 0.1) is 6.92 Å². The molecule has 8 nitrogen and oxygen atoms in total. The Kier molecular flexibility index (Phi) is 5.40. The molecule has 0 atom stereocenters. The predicted molar refractivity (Wildman–Crippen MR) is 96.6 cm³/mol. The molecule has 1 saturated heterocycles. The molecule has 1 fully saturated rings. The van der Waals surface area contributed by atoms with Crippen LogP contribution in [0.3, 0.4) is 0 Å². The fraction of sp³-hybridized carbons (Fsp3) is 0.389. The van der Waals surface area contributed by atoms with Gasteiger partial charge in [-0.25, -0.2) is 9.97 Å². The number of carbonyl (C=O) groups excluding carboxylic acids is 2. The van der Waals surface area contributed by atoms with Crippen LogP contribution in [-0.2, 0) is 11.3 Å². The molecule has 0 saturated carbocycles. The fourth-order valence-electron chi connectivity index (χ4n) is 2.81. The zero-order chi connectivity index (χ0) is 18.5. The van der Waals surface area contributed by atoms with Crippen molar-refractivity contribution in [3.05, 3.63) is 47.5 Å². The summed E-state index contributed by atoms with van der Waals surface area (Å²) in [6.45, 7) is 6.41. The van der Waals surface area contributed by atoms with Gasteiger partial charge in [-0.3, -0.25) is 14.6 Å². The second kappa shape index (κ2) is 7.90. The van der Waals surface area contributed by atoms with Crippen LogP contribution < -0.4 is 10.2 Å². The van der Waals surface area contributed by atoms with Gasteiger partial charge < -0.3 is 15.1 Å². The highest BCUT2D eigenvalue weighted by atomic mass is 16.2. The average Bonchev–Trinajstić information content (AvgIpc) is 2.66. The van der Waals surface area contributed by atoms with Gasteiger partial charge >= 0.3 is 0 Å². The molecule has 0 aromatic carbocycles. The van der Waals surface area contributed by atoms with Gasteiger partial charge in [-0.2, -0.15) is 0 Å². The first-order chi connectivity index (χ1) is 12.5. The Morgan fingerprint density at radius 1 is 1.12 bits per heavy atom. The summed E-state index contributed by atoms with van der Waals surface area (Å²) in [6.07, 6.45) is 3.38. The normalized spacial score (nSPS) is 14.2. The second-order valence-corrected chi connectivity index (χ2v) is 6.23. The molecular weight excluding hydrogens is 332 g/mol. The highest BCUT2D eigenvalue weighted by Gasteiger charge is 2.21. The number of piperazine rings is 1. The first-order valence-electron chi connectivity index (χ1n) is 8.56. The van der Waals surface area contributed by atoms with Gasteiger partial charge in [-0.1, -0.05) is 0 Å². The van der Waals surface area contributed by atoms with Crippen molar-refractivity contribution < 1.29 is 9.59 Å². The molecule has 26 heavy (non-hydrogen) atoms. The van der Waals surface area contributed by atoms with Crippen LogP contribution in [0.25, 0.3) is 0 Å². The van der Waals surface area contributed by atoms with Gasteiger partial charge in [0, 0.05) is 57.7 Å². The minimum Gasteiger partial charge on any atom is -0.347 e. The van der Waals surface area contributed by atoms with Crippen LogP contribution in [0.4, 0.5) is 5.95 Å². The molecular formula is C18H22N6O2. The van der Waals surface area contributed by atoms with Crippen LogP contribution in [0.15, 0.2) is 30.6 Å². The lowest BCUT2D eigenvalue weighted by molar-refractivity contribution is -0.129. The molecule has 2 aromatic heterocycles. The van der Waals surface area contributed by atoms with Crippen molar-refractivity contribution in [2.45, 2.75) is 20.4 Å². The van der Waals surface area contributed by atoms with E-state index in [1.807, 2.05) is 24.0 Å². The minimum absolute atomic E-state index is 0.0750. The van der Waals surface area contributed by atoms with E-state index in [0.717, 1.165) is 11.3 Å². The summed E-state index contributed by atoms with van der Waals surface area (Å²) in [5, 5.41) is 2.87. The Morgan fingerprint density at radius 2 is 1.81 bits per heavy atom. The van der Waals surface area contributed by atoms with Crippen molar-refractivity contribution in [2.75, 3.05) is 31.1 Å². The van der Waals surface area contributed by atoms with Gasteiger partial charge in [0.2, 0.25) is 11.9 Å². The van der Waals surface area contributed by atoms with E-state index in [0.29, 0.717) is 44.4 Å². The number of hydrogen-bond donors (Lipinski definition) is 1. The number of aryl methyl sites for hydroxylation is 1. The lowest BCUT2D eigenvalue weighted by Crippen LogP contribution is -2.48. The van der Waals surface area contributed by atoms with Gasteiger partial charge in [0.05, 0.1) is 0 Å². The van der Waals surface area contributed by atoms with Crippen molar-refractivity contribution >= 4 is 17.8 Å². The van der Waals surface area contributed by atoms with Crippen LogP contribution >= 0.6 is 0 Å². The summed E-state index contributed by atoms with van der Waals surface area (Å²) < 4.78 is 0. The van der Waals surface area contributed by atoms with Gasteiger partial charge in [0.25, 0.3) is 5.91 Å². The Morgan fingerprint density at radius 3 is 2.46 bits per heavy atom. The third kappa shape index (κ3) is 4.33. The third-order valence-corrected chi connectivity index (χ3v) is 4.29. The maximum atomic E-state index is 12.5. The van der Waals surface area contributed by atoms with Crippen molar-refractivity contribution in [3.8, 4) is 0 Å². The summed E-state index contributed by atoms with van der Waals surface area (Å²) in [6, 6.07) is 5.38. The standard InChI is InChI=1S/C18H22N6O2/c1-13-11-16(17(26)20-12-15-3-5-19-6-4-15)22-18(21-13)24-9-7-23(8-10-24)14(2)25/h3-6,11H,7-10,12H2,1-2H3,(H,20,26). The SMILES string of the molecule is CC(=O)N1CCN(c2nc(C)cc(C(=O)NCc3ccncc3)n2)CC1. The van der Waals surface area contributed by atoms with Crippen LogP contribution in [0.2, 0.25) is 0 Å². The maximum Gasteiger partial charge on any atom is 0.270 e. The molecule has 3 rings (SSSR count). The Bertz CT molecular complexity index is 788. The largest absolute Gasteiger partial charge is 0.347 e. The van der Waals surface area contributed by atoms with E-state index in [4.69, 9.17) is 0 Å². The highest BCUT2D eigenvalue weighted by molar-refractivity contribution is 5.92. The molecule has 0 unspecified atom stereocenters. The molecule has 0 aliphatic carbocycles. The van der Waals surface area contributed by atoms with Gasteiger partial charge in [0.1, 0.15) is 5.69 Å². The Hall–Kier alpha value is -3.03. The molecule has 2 amide bonds. The molecule has 8 heteroatoms. The fourth-order valence-corrected chi connectivity index (χ4v) is 2.81. The molecule has 3 heterocycles. The van der Waals surface area contributed by atoms with Crippen LogP contribution in [-0.4, -0.2) is 57.8 Å². The smallest absolute Gasteiger partial charge is 0.270 e. The van der Waals surface area contributed by atoms with Gasteiger partial charge in [-0.05, 0) is 30.7 Å². The van der Waals surface area contributed by atoms with E-state index in [9.17, 15) is 9.59 Å². The van der Waals surface area contributed by atoms with Crippen molar-refractivity contribution in [1.29, 1.82) is 0 Å².